The van der Waals surface area contributed by atoms with Gasteiger partial charge < -0.3 is 0 Å². The SMILES string of the molecule is CCC(C)SC(C)C(=O)c1ccccc1. The van der Waals surface area contributed by atoms with E-state index < -0.39 is 0 Å². The third-order valence-corrected chi connectivity index (χ3v) is 3.86. The number of ketones is 1. The highest BCUT2D eigenvalue weighted by Gasteiger charge is 2.17. The van der Waals surface area contributed by atoms with Gasteiger partial charge in [0.1, 0.15) is 0 Å². The number of benzene rings is 1. The van der Waals surface area contributed by atoms with Gasteiger partial charge in [0.25, 0.3) is 0 Å². The summed E-state index contributed by atoms with van der Waals surface area (Å²) in [6, 6.07) is 9.52. The molecular weight excluding hydrogens is 204 g/mol. The minimum Gasteiger partial charge on any atom is -0.293 e. The van der Waals surface area contributed by atoms with Crippen LogP contribution in [-0.4, -0.2) is 16.3 Å². The zero-order valence-electron chi connectivity index (χ0n) is 9.57. The molecule has 1 rings (SSSR count). The van der Waals surface area contributed by atoms with Crippen molar-refractivity contribution < 1.29 is 4.79 Å². The highest BCUT2D eigenvalue weighted by Crippen LogP contribution is 2.22. The van der Waals surface area contributed by atoms with Crippen molar-refractivity contribution in [3.8, 4) is 0 Å². The van der Waals surface area contributed by atoms with Crippen LogP contribution in [0.4, 0.5) is 0 Å². The van der Waals surface area contributed by atoms with E-state index in [4.69, 9.17) is 0 Å². The Balaban J connectivity index is 2.61. The molecule has 1 aromatic carbocycles. The lowest BCUT2D eigenvalue weighted by Gasteiger charge is -2.14. The first-order valence-electron chi connectivity index (χ1n) is 5.39. The van der Waals surface area contributed by atoms with Gasteiger partial charge in [-0.3, -0.25) is 4.79 Å². The van der Waals surface area contributed by atoms with Crippen LogP contribution in [-0.2, 0) is 0 Å². The third kappa shape index (κ3) is 3.71. The van der Waals surface area contributed by atoms with Gasteiger partial charge in [-0.1, -0.05) is 44.2 Å². The first-order chi connectivity index (χ1) is 7.15. The minimum absolute atomic E-state index is 0.0577. The average molecular weight is 222 g/mol. The topological polar surface area (TPSA) is 17.1 Å². The maximum absolute atomic E-state index is 12.0. The number of hydrogen-bond donors (Lipinski definition) is 0. The lowest BCUT2D eigenvalue weighted by molar-refractivity contribution is 0.0994. The lowest BCUT2D eigenvalue weighted by atomic mass is 10.1. The molecule has 1 aromatic rings. The number of carbonyl (C=O) groups is 1. The lowest BCUT2D eigenvalue weighted by Crippen LogP contribution is -2.16. The molecule has 2 atom stereocenters. The Morgan fingerprint density at radius 1 is 1.27 bits per heavy atom. The fraction of sp³-hybridized carbons (Fsp3) is 0.462. The molecule has 0 aromatic heterocycles. The molecule has 0 fully saturated rings. The van der Waals surface area contributed by atoms with Crippen LogP contribution in [0.15, 0.2) is 30.3 Å². The Kier molecular flexibility index (Phi) is 4.89. The van der Waals surface area contributed by atoms with Crippen molar-refractivity contribution >= 4 is 17.5 Å². The maximum Gasteiger partial charge on any atom is 0.175 e. The predicted octanol–water partition coefficient (Wildman–Crippen LogP) is 3.79. The van der Waals surface area contributed by atoms with Crippen LogP contribution in [0.3, 0.4) is 0 Å². The van der Waals surface area contributed by atoms with Crippen LogP contribution in [0.1, 0.15) is 37.6 Å². The van der Waals surface area contributed by atoms with Crippen LogP contribution in [0.5, 0.6) is 0 Å². The summed E-state index contributed by atoms with van der Waals surface area (Å²) in [5, 5.41) is 0.606. The van der Waals surface area contributed by atoms with E-state index in [9.17, 15) is 4.79 Å². The van der Waals surface area contributed by atoms with Crippen molar-refractivity contribution in [3.63, 3.8) is 0 Å². The summed E-state index contributed by atoms with van der Waals surface area (Å²) in [5.41, 5.74) is 0.820. The summed E-state index contributed by atoms with van der Waals surface area (Å²) in [6.45, 7) is 6.31. The van der Waals surface area contributed by atoms with E-state index in [-0.39, 0.29) is 11.0 Å². The van der Waals surface area contributed by atoms with E-state index in [2.05, 4.69) is 13.8 Å². The molecule has 2 unspecified atom stereocenters. The molecule has 0 aliphatic carbocycles. The van der Waals surface area contributed by atoms with Gasteiger partial charge in [-0.15, -0.1) is 11.8 Å². The van der Waals surface area contributed by atoms with E-state index in [1.165, 1.54) is 0 Å². The molecule has 0 spiro atoms. The molecule has 0 saturated carbocycles. The Morgan fingerprint density at radius 2 is 1.87 bits per heavy atom. The molecule has 0 heterocycles. The van der Waals surface area contributed by atoms with Crippen molar-refractivity contribution in [2.45, 2.75) is 37.7 Å². The number of thioether (sulfide) groups is 1. The Bertz CT molecular complexity index is 308. The third-order valence-electron chi connectivity index (χ3n) is 2.44. The minimum atomic E-state index is 0.0577. The fourth-order valence-corrected chi connectivity index (χ4v) is 2.49. The van der Waals surface area contributed by atoms with E-state index >= 15 is 0 Å². The van der Waals surface area contributed by atoms with Gasteiger partial charge in [-0.25, -0.2) is 0 Å². The van der Waals surface area contributed by atoms with Gasteiger partial charge in [0.2, 0.25) is 0 Å². The van der Waals surface area contributed by atoms with Crippen LogP contribution in [0.2, 0.25) is 0 Å². The number of rotatable bonds is 5. The van der Waals surface area contributed by atoms with Gasteiger partial charge in [-0.05, 0) is 13.3 Å². The van der Waals surface area contributed by atoms with Crippen molar-refractivity contribution in [1.29, 1.82) is 0 Å². The molecule has 0 N–H and O–H groups in total. The highest BCUT2D eigenvalue weighted by molar-refractivity contribution is 8.01. The first kappa shape index (κ1) is 12.3. The monoisotopic (exact) mass is 222 g/mol. The van der Waals surface area contributed by atoms with E-state index in [1.807, 2.05) is 37.3 Å². The van der Waals surface area contributed by atoms with Crippen molar-refractivity contribution in [2.24, 2.45) is 0 Å². The average Bonchev–Trinajstić information content (AvgIpc) is 2.29. The molecule has 2 heteroatoms. The van der Waals surface area contributed by atoms with E-state index in [0.29, 0.717) is 5.25 Å². The Hall–Kier alpha value is -0.760. The molecule has 0 amide bonds. The summed E-state index contributed by atoms with van der Waals surface area (Å²) in [4.78, 5) is 12.0. The van der Waals surface area contributed by atoms with Gasteiger partial charge in [0, 0.05) is 10.8 Å². The summed E-state index contributed by atoms with van der Waals surface area (Å²) in [5.74, 6) is 0.237. The van der Waals surface area contributed by atoms with Crippen molar-refractivity contribution in [2.75, 3.05) is 0 Å². The van der Waals surface area contributed by atoms with E-state index in [0.717, 1.165) is 12.0 Å². The Labute approximate surface area is 96.3 Å². The molecule has 1 nitrogen and oxygen atoms in total. The zero-order valence-corrected chi connectivity index (χ0v) is 10.4. The van der Waals surface area contributed by atoms with Crippen LogP contribution in [0.25, 0.3) is 0 Å². The van der Waals surface area contributed by atoms with Crippen LogP contribution in [0, 0.1) is 0 Å². The standard InChI is InChI=1S/C13H18OS/c1-4-10(2)15-11(3)13(14)12-8-6-5-7-9-12/h5-11H,4H2,1-3H3. The molecule has 0 saturated heterocycles. The molecule has 15 heavy (non-hydrogen) atoms. The molecule has 82 valence electrons. The molecule has 0 aliphatic rings. The van der Waals surface area contributed by atoms with Gasteiger partial charge in [0.15, 0.2) is 5.78 Å². The number of Topliss-reactive ketones (excluding diaryl/α,β-unsaturated/α-hetero) is 1. The van der Waals surface area contributed by atoms with E-state index in [1.54, 1.807) is 11.8 Å². The molecule has 0 bridgehead atoms. The smallest absolute Gasteiger partial charge is 0.175 e. The van der Waals surface area contributed by atoms with Gasteiger partial charge >= 0.3 is 0 Å². The fourth-order valence-electron chi connectivity index (χ4n) is 1.34. The second kappa shape index (κ2) is 5.96. The van der Waals surface area contributed by atoms with Crippen LogP contribution < -0.4 is 0 Å². The maximum atomic E-state index is 12.0. The quantitative estimate of drug-likeness (QED) is 0.705. The Morgan fingerprint density at radius 3 is 2.40 bits per heavy atom. The van der Waals surface area contributed by atoms with Gasteiger partial charge in [0.05, 0.1) is 5.25 Å². The predicted molar refractivity (Wildman–Crippen MR) is 67.6 cm³/mol. The molecule has 0 aliphatic heterocycles. The molecular formula is C13H18OS. The summed E-state index contributed by atoms with van der Waals surface area (Å²) in [6.07, 6.45) is 1.11. The molecule has 0 radical (unpaired) electrons. The normalized spacial score (nSPS) is 14.6. The largest absolute Gasteiger partial charge is 0.293 e. The number of carbonyl (C=O) groups excluding carboxylic acids is 1. The summed E-state index contributed by atoms with van der Waals surface area (Å²) >= 11 is 1.75. The second-order valence-electron chi connectivity index (χ2n) is 3.73. The second-order valence-corrected chi connectivity index (χ2v) is 5.51. The number of hydrogen-bond acceptors (Lipinski definition) is 2. The van der Waals surface area contributed by atoms with Gasteiger partial charge in [-0.2, -0.15) is 0 Å². The first-order valence-corrected chi connectivity index (χ1v) is 6.34. The summed E-state index contributed by atoms with van der Waals surface area (Å²) < 4.78 is 0. The van der Waals surface area contributed by atoms with Crippen LogP contribution >= 0.6 is 11.8 Å². The highest BCUT2D eigenvalue weighted by atomic mass is 32.2. The summed E-state index contributed by atoms with van der Waals surface area (Å²) in [7, 11) is 0. The van der Waals surface area contributed by atoms with Crippen molar-refractivity contribution in [3.05, 3.63) is 35.9 Å². The van der Waals surface area contributed by atoms with Crippen molar-refractivity contribution in [1.82, 2.24) is 0 Å². The zero-order chi connectivity index (χ0) is 11.3.